The number of hydrogen-bond acceptors (Lipinski definition) is 4. The van der Waals surface area contributed by atoms with Crippen LogP contribution >= 0.6 is 34.2 Å². The Balaban J connectivity index is 2.47. The summed E-state index contributed by atoms with van der Waals surface area (Å²) >= 11 is 8.15. The zero-order valence-corrected chi connectivity index (χ0v) is 13.7. The van der Waals surface area contributed by atoms with E-state index in [1.54, 1.807) is 6.07 Å². The summed E-state index contributed by atoms with van der Waals surface area (Å²) in [5.41, 5.74) is -0.136. The second kappa shape index (κ2) is 6.58. The molecule has 0 atom stereocenters. The highest BCUT2D eigenvalue weighted by atomic mass is 127. The van der Waals surface area contributed by atoms with Crippen LogP contribution in [0.5, 0.6) is 5.75 Å². The second-order valence-corrected chi connectivity index (χ2v) is 5.77. The van der Waals surface area contributed by atoms with Crippen LogP contribution in [0.25, 0.3) is 10.8 Å². The molecule has 106 valence electrons. The maximum Gasteiger partial charge on any atom is 0.360 e. The van der Waals surface area contributed by atoms with Crippen molar-refractivity contribution in [1.82, 2.24) is 4.98 Å². The molecule has 0 bridgehead atoms. The lowest BCUT2D eigenvalue weighted by Gasteiger charge is -2.10. The van der Waals surface area contributed by atoms with Crippen molar-refractivity contribution in [2.75, 3.05) is 6.61 Å². The maximum absolute atomic E-state index is 11.9. The number of rotatable bonds is 4. The van der Waals surface area contributed by atoms with E-state index in [0.29, 0.717) is 17.4 Å². The van der Waals surface area contributed by atoms with Gasteiger partial charge in [0.25, 0.3) is 0 Å². The lowest BCUT2D eigenvalue weighted by molar-refractivity contribution is 0.0489. The van der Waals surface area contributed by atoms with Crippen molar-refractivity contribution in [3.63, 3.8) is 0 Å². The summed E-state index contributed by atoms with van der Waals surface area (Å²) in [6, 6.07) is 5.39. The molecule has 20 heavy (non-hydrogen) atoms. The Morgan fingerprint density at radius 3 is 2.95 bits per heavy atom. The number of fused-ring (bicyclic) bond motifs is 1. The average Bonchev–Trinajstić information content (AvgIpc) is 2.42. The Morgan fingerprint density at radius 1 is 1.50 bits per heavy atom. The van der Waals surface area contributed by atoms with Crippen LogP contribution in [-0.4, -0.2) is 22.7 Å². The van der Waals surface area contributed by atoms with Gasteiger partial charge in [0.1, 0.15) is 5.15 Å². The monoisotopic (exact) mass is 405 g/mol. The molecule has 1 aromatic carbocycles. The third-order valence-electron chi connectivity index (χ3n) is 2.83. The molecule has 0 spiro atoms. The normalized spacial score (nSPS) is 10.8. The molecule has 2 rings (SSSR count). The predicted octanol–water partition coefficient (Wildman–Crippen LogP) is 4.16. The smallest absolute Gasteiger partial charge is 0.360 e. The third-order valence-corrected chi connectivity index (χ3v) is 4.02. The highest BCUT2D eigenvalue weighted by Gasteiger charge is 2.20. The summed E-state index contributed by atoms with van der Waals surface area (Å²) in [5, 5.41) is 11.6. The van der Waals surface area contributed by atoms with Gasteiger partial charge >= 0.3 is 5.97 Å². The Labute approximate surface area is 135 Å². The van der Waals surface area contributed by atoms with E-state index in [1.165, 1.54) is 0 Å². The Kier molecular flexibility index (Phi) is 5.04. The second-order valence-electron chi connectivity index (χ2n) is 4.25. The molecule has 1 heterocycles. The van der Waals surface area contributed by atoms with Crippen LogP contribution in [-0.2, 0) is 4.74 Å². The van der Waals surface area contributed by atoms with Gasteiger partial charge < -0.3 is 9.84 Å². The van der Waals surface area contributed by atoms with E-state index < -0.39 is 5.97 Å². The quantitative estimate of drug-likeness (QED) is 0.359. The number of nitrogens with zero attached hydrogens (tertiary/aromatic N) is 1. The molecule has 4 nitrogen and oxygen atoms in total. The molecule has 0 fully saturated rings. The summed E-state index contributed by atoms with van der Waals surface area (Å²) < 4.78 is 5.87. The summed E-state index contributed by atoms with van der Waals surface area (Å²) in [7, 11) is 0. The summed E-state index contributed by atoms with van der Waals surface area (Å²) in [6.45, 7) is 2.30. The van der Waals surface area contributed by atoms with Crippen LogP contribution in [0.4, 0.5) is 0 Å². The number of pyridine rings is 1. The Bertz CT molecular complexity index is 660. The maximum atomic E-state index is 11.9. The summed E-state index contributed by atoms with van der Waals surface area (Å²) in [4.78, 5) is 15.9. The third kappa shape index (κ3) is 2.98. The number of unbranched alkanes of at least 4 members (excludes halogenated alkanes) is 1. The largest absolute Gasteiger partial charge is 0.505 e. The van der Waals surface area contributed by atoms with Gasteiger partial charge in [-0.15, -0.1) is 0 Å². The number of aromatic hydroxyl groups is 1. The van der Waals surface area contributed by atoms with Crippen molar-refractivity contribution in [2.45, 2.75) is 19.8 Å². The first-order chi connectivity index (χ1) is 9.56. The highest BCUT2D eigenvalue weighted by Crippen LogP contribution is 2.35. The molecule has 6 heteroatoms. The van der Waals surface area contributed by atoms with Gasteiger partial charge in [0.15, 0.2) is 11.4 Å². The first-order valence-electron chi connectivity index (χ1n) is 6.20. The van der Waals surface area contributed by atoms with Gasteiger partial charge in [0.2, 0.25) is 0 Å². The summed E-state index contributed by atoms with van der Waals surface area (Å²) in [6.07, 6.45) is 1.69. The number of carbonyl (C=O) groups excluding carboxylic acids is 1. The van der Waals surface area contributed by atoms with E-state index >= 15 is 0 Å². The predicted molar refractivity (Wildman–Crippen MR) is 86.3 cm³/mol. The van der Waals surface area contributed by atoms with E-state index in [0.717, 1.165) is 16.4 Å². The summed E-state index contributed by atoms with van der Waals surface area (Å²) in [5.74, 6) is -0.838. The van der Waals surface area contributed by atoms with Gasteiger partial charge in [0.05, 0.1) is 6.61 Å². The molecule has 0 aliphatic heterocycles. The SMILES string of the molecule is CCCCOC(=O)c1nc(Cl)c2cccc(I)c2c1O. The zero-order chi connectivity index (χ0) is 14.7. The van der Waals surface area contributed by atoms with Crippen LogP contribution in [0, 0.1) is 3.57 Å². The molecular weight excluding hydrogens is 393 g/mol. The molecule has 0 saturated heterocycles. The molecule has 0 saturated carbocycles. The van der Waals surface area contributed by atoms with Gasteiger partial charge in [-0.05, 0) is 35.1 Å². The number of benzene rings is 1. The van der Waals surface area contributed by atoms with Crippen molar-refractivity contribution in [3.05, 3.63) is 32.6 Å². The number of carbonyl (C=O) groups is 1. The number of esters is 1. The van der Waals surface area contributed by atoms with Crippen LogP contribution in [0.15, 0.2) is 18.2 Å². The molecular formula is C14H13ClINO3. The van der Waals surface area contributed by atoms with E-state index in [2.05, 4.69) is 27.6 Å². The van der Waals surface area contributed by atoms with Crippen LogP contribution < -0.4 is 0 Å². The zero-order valence-electron chi connectivity index (χ0n) is 10.8. The first kappa shape index (κ1) is 15.3. The number of hydrogen-bond donors (Lipinski definition) is 1. The van der Waals surface area contributed by atoms with Gasteiger partial charge in [-0.3, -0.25) is 0 Å². The van der Waals surface area contributed by atoms with Crippen molar-refractivity contribution < 1.29 is 14.6 Å². The molecule has 0 aliphatic carbocycles. The number of ether oxygens (including phenoxy) is 1. The molecule has 0 unspecified atom stereocenters. The van der Waals surface area contributed by atoms with E-state index in [4.69, 9.17) is 16.3 Å². The lowest BCUT2D eigenvalue weighted by atomic mass is 10.1. The van der Waals surface area contributed by atoms with E-state index in [-0.39, 0.29) is 16.6 Å². The van der Waals surface area contributed by atoms with Crippen LogP contribution in [0.1, 0.15) is 30.3 Å². The minimum atomic E-state index is -0.653. The Morgan fingerprint density at radius 2 is 2.25 bits per heavy atom. The number of halogens is 2. The fourth-order valence-electron chi connectivity index (χ4n) is 1.79. The molecule has 0 amide bonds. The van der Waals surface area contributed by atoms with E-state index in [9.17, 15) is 9.90 Å². The molecule has 1 aromatic heterocycles. The molecule has 1 N–H and O–H groups in total. The fraction of sp³-hybridized carbons (Fsp3) is 0.286. The van der Waals surface area contributed by atoms with Crippen LogP contribution in [0.2, 0.25) is 5.15 Å². The standard InChI is InChI=1S/C14H13ClINO3/c1-2-3-7-20-14(19)11-12(18)10-8(13(15)17-11)5-4-6-9(10)16/h4-6,18H,2-3,7H2,1H3. The van der Waals surface area contributed by atoms with Gasteiger partial charge in [-0.1, -0.05) is 37.1 Å². The molecule has 2 aromatic rings. The van der Waals surface area contributed by atoms with Gasteiger partial charge in [0, 0.05) is 14.3 Å². The Hall–Kier alpha value is -1.08. The van der Waals surface area contributed by atoms with Gasteiger partial charge in [-0.25, -0.2) is 9.78 Å². The molecule has 0 radical (unpaired) electrons. The minimum absolute atomic E-state index is 0.136. The van der Waals surface area contributed by atoms with Crippen molar-refractivity contribution >= 4 is 50.9 Å². The first-order valence-corrected chi connectivity index (χ1v) is 7.65. The fourth-order valence-corrected chi connectivity index (χ4v) is 2.78. The van der Waals surface area contributed by atoms with Gasteiger partial charge in [-0.2, -0.15) is 0 Å². The topological polar surface area (TPSA) is 59.4 Å². The van der Waals surface area contributed by atoms with Crippen molar-refractivity contribution in [3.8, 4) is 5.75 Å². The highest BCUT2D eigenvalue weighted by molar-refractivity contribution is 14.1. The lowest BCUT2D eigenvalue weighted by Crippen LogP contribution is -2.09. The van der Waals surface area contributed by atoms with Crippen molar-refractivity contribution in [1.29, 1.82) is 0 Å². The van der Waals surface area contributed by atoms with Crippen molar-refractivity contribution in [2.24, 2.45) is 0 Å². The number of aromatic nitrogens is 1. The van der Waals surface area contributed by atoms with Crippen LogP contribution in [0.3, 0.4) is 0 Å². The minimum Gasteiger partial charge on any atom is -0.505 e. The molecule has 0 aliphatic rings. The average molecular weight is 406 g/mol. The van der Waals surface area contributed by atoms with E-state index in [1.807, 2.05) is 19.1 Å².